The Bertz CT molecular complexity index is 512. The van der Waals surface area contributed by atoms with Gasteiger partial charge in [0.15, 0.2) is 0 Å². The number of furan rings is 1. The molecule has 2 atom stereocenters. The molecular weight excluding hydrogens is 280 g/mol. The van der Waals surface area contributed by atoms with E-state index in [1.54, 1.807) is 12.3 Å². The van der Waals surface area contributed by atoms with Gasteiger partial charge in [0.1, 0.15) is 6.26 Å². The molecule has 1 aromatic rings. The van der Waals surface area contributed by atoms with Crippen LogP contribution in [0.2, 0.25) is 0 Å². The number of hydrogen-bond acceptors (Lipinski definition) is 4. The molecule has 120 valence electrons. The quantitative estimate of drug-likeness (QED) is 0.857. The van der Waals surface area contributed by atoms with Crippen molar-refractivity contribution in [3.63, 3.8) is 0 Å². The maximum absolute atomic E-state index is 12.5. The second-order valence-electron chi connectivity index (χ2n) is 6.80. The molecule has 0 spiro atoms. The van der Waals surface area contributed by atoms with Crippen molar-refractivity contribution in [2.75, 3.05) is 32.8 Å². The lowest BCUT2D eigenvalue weighted by molar-refractivity contribution is -0.0727. The first-order chi connectivity index (χ1) is 10.8. The first-order valence-corrected chi connectivity index (χ1v) is 8.48. The normalized spacial score (nSPS) is 29.9. The molecule has 5 heteroatoms. The highest BCUT2D eigenvalue weighted by molar-refractivity contribution is 5.93. The number of fused-ring (bicyclic) bond motifs is 1. The molecule has 1 saturated carbocycles. The summed E-state index contributed by atoms with van der Waals surface area (Å²) in [5.41, 5.74) is 0.653. The van der Waals surface area contributed by atoms with Crippen molar-refractivity contribution in [3.05, 3.63) is 24.2 Å². The molecule has 0 bridgehead atoms. The number of ether oxygens (including phenoxy) is 1. The SMILES string of the molecule is O=C(c1ccoc1)N1CCC2OCCN(CC3CC3)C2CC1. The summed E-state index contributed by atoms with van der Waals surface area (Å²) in [6.07, 6.45) is 8.12. The number of amides is 1. The molecule has 0 N–H and O–H groups in total. The fourth-order valence-corrected chi connectivity index (χ4v) is 3.79. The van der Waals surface area contributed by atoms with Gasteiger partial charge in [-0.25, -0.2) is 0 Å². The molecule has 0 radical (unpaired) electrons. The molecule has 3 heterocycles. The van der Waals surface area contributed by atoms with Gasteiger partial charge in [-0.15, -0.1) is 0 Å². The van der Waals surface area contributed by atoms with Crippen LogP contribution < -0.4 is 0 Å². The zero-order chi connectivity index (χ0) is 14.9. The molecule has 1 aliphatic carbocycles. The summed E-state index contributed by atoms with van der Waals surface area (Å²) in [5.74, 6) is 0.992. The summed E-state index contributed by atoms with van der Waals surface area (Å²) in [4.78, 5) is 17.1. The molecule has 2 aliphatic heterocycles. The zero-order valence-corrected chi connectivity index (χ0v) is 12.9. The van der Waals surface area contributed by atoms with Gasteiger partial charge in [-0.1, -0.05) is 0 Å². The number of nitrogens with zero attached hydrogens (tertiary/aromatic N) is 2. The maximum Gasteiger partial charge on any atom is 0.257 e. The molecule has 3 aliphatic rings. The van der Waals surface area contributed by atoms with Crippen molar-refractivity contribution >= 4 is 5.91 Å². The average molecular weight is 304 g/mol. The number of morpholine rings is 1. The third-order valence-corrected chi connectivity index (χ3v) is 5.23. The van der Waals surface area contributed by atoms with Crippen LogP contribution in [0.25, 0.3) is 0 Å². The van der Waals surface area contributed by atoms with Crippen LogP contribution in [0.4, 0.5) is 0 Å². The van der Waals surface area contributed by atoms with Crippen LogP contribution in [-0.4, -0.2) is 60.6 Å². The Kier molecular flexibility index (Phi) is 3.92. The van der Waals surface area contributed by atoms with E-state index in [0.717, 1.165) is 45.0 Å². The van der Waals surface area contributed by atoms with Crippen molar-refractivity contribution in [2.24, 2.45) is 5.92 Å². The monoisotopic (exact) mass is 304 g/mol. The predicted molar refractivity (Wildman–Crippen MR) is 81.7 cm³/mol. The summed E-state index contributed by atoms with van der Waals surface area (Å²) in [7, 11) is 0. The topological polar surface area (TPSA) is 45.9 Å². The van der Waals surface area contributed by atoms with Crippen LogP contribution in [0.15, 0.2) is 23.0 Å². The Morgan fingerprint density at radius 1 is 1.18 bits per heavy atom. The van der Waals surface area contributed by atoms with E-state index >= 15 is 0 Å². The maximum atomic E-state index is 12.5. The third-order valence-electron chi connectivity index (χ3n) is 5.23. The fourth-order valence-electron chi connectivity index (χ4n) is 3.79. The Labute approximate surface area is 131 Å². The van der Waals surface area contributed by atoms with Gasteiger partial charge in [-0.2, -0.15) is 0 Å². The molecule has 1 amide bonds. The van der Waals surface area contributed by atoms with Gasteiger partial charge in [0.2, 0.25) is 0 Å². The largest absolute Gasteiger partial charge is 0.472 e. The Morgan fingerprint density at radius 3 is 2.82 bits per heavy atom. The van der Waals surface area contributed by atoms with Gasteiger partial charge >= 0.3 is 0 Å². The lowest BCUT2D eigenvalue weighted by atomic mass is 10.0. The van der Waals surface area contributed by atoms with E-state index in [2.05, 4.69) is 4.90 Å². The lowest BCUT2D eigenvalue weighted by Gasteiger charge is -2.40. The van der Waals surface area contributed by atoms with E-state index in [4.69, 9.17) is 9.15 Å². The minimum atomic E-state index is 0.0844. The van der Waals surface area contributed by atoms with Crippen LogP contribution in [0.5, 0.6) is 0 Å². The number of likely N-dealkylation sites (tertiary alicyclic amines) is 1. The summed E-state index contributed by atoms with van der Waals surface area (Å²) < 4.78 is 11.1. The van der Waals surface area contributed by atoms with Crippen LogP contribution in [0, 0.1) is 5.92 Å². The predicted octanol–water partition coefficient (Wildman–Crippen LogP) is 2.00. The van der Waals surface area contributed by atoms with Gasteiger partial charge in [-0.05, 0) is 37.7 Å². The molecule has 4 rings (SSSR count). The molecular formula is C17H24N2O3. The van der Waals surface area contributed by atoms with Crippen molar-refractivity contribution < 1.29 is 13.9 Å². The molecule has 5 nitrogen and oxygen atoms in total. The van der Waals surface area contributed by atoms with Crippen LogP contribution >= 0.6 is 0 Å². The van der Waals surface area contributed by atoms with E-state index in [-0.39, 0.29) is 12.0 Å². The van der Waals surface area contributed by atoms with E-state index in [1.807, 2.05) is 4.90 Å². The van der Waals surface area contributed by atoms with Gasteiger partial charge in [0, 0.05) is 32.2 Å². The van der Waals surface area contributed by atoms with Crippen LogP contribution in [-0.2, 0) is 4.74 Å². The van der Waals surface area contributed by atoms with Crippen LogP contribution in [0.3, 0.4) is 0 Å². The molecule has 22 heavy (non-hydrogen) atoms. The molecule has 2 saturated heterocycles. The van der Waals surface area contributed by atoms with Gasteiger partial charge in [0.05, 0.1) is 24.5 Å². The molecule has 2 unspecified atom stereocenters. The van der Waals surface area contributed by atoms with Crippen molar-refractivity contribution in [1.29, 1.82) is 0 Å². The van der Waals surface area contributed by atoms with Gasteiger partial charge in [0.25, 0.3) is 5.91 Å². The second kappa shape index (κ2) is 6.05. The fraction of sp³-hybridized carbons (Fsp3) is 0.706. The minimum absolute atomic E-state index is 0.0844. The summed E-state index contributed by atoms with van der Waals surface area (Å²) >= 11 is 0. The summed E-state index contributed by atoms with van der Waals surface area (Å²) in [5, 5.41) is 0. The van der Waals surface area contributed by atoms with E-state index in [1.165, 1.54) is 25.6 Å². The van der Waals surface area contributed by atoms with Gasteiger partial charge in [-0.3, -0.25) is 9.69 Å². The van der Waals surface area contributed by atoms with Crippen molar-refractivity contribution in [3.8, 4) is 0 Å². The summed E-state index contributed by atoms with van der Waals surface area (Å²) in [6, 6.07) is 2.23. The van der Waals surface area contributed by atoms with Crippen molar-refractivity contribution in [2.45, 2.75) is 37.8 Å². The Hall–Kier alpha value is -1.33. The molecule has 1 aromatic heterocycles. The van der Waals surface area contributed by atoms with Gasteiger partial charge < -0.3 is 14.1 Å². The highest BCUT2D eigenvalue weighted by Gasteiger charge is 2.37. The number of carbonyl (C=O) groups is 1. The zero-order valence-electron chi connectivity index (χ0n) is 12.9. The minimum Gasteiger partial charge on any atom is -0.472 e. The third kappa shape index (κ3) is 2.92. The molecule has 3 fully saturated rings. The Balaban J connectivity index is 1.43. The Morgan fingerprint density at radius 2 is 2.05 bits per heavy atom. The van der Waals surface area contributed by atoms with E-state index in [9.17, 15) is 4.79 Å². The number of carbonyl (C=O) groups excluding carboxylic acids is 1. The van der Waals surface area contributed by atoms with E-state index in [0.29, 0.717) is 11.6 Å². The van der Waals surface area contributed by atoms with Crippen molar-refractivity contribution in [1.82, 2.24) is 9.80 Å². The number of hydrogen-bond donors (Lipinski definition) is 0. The highest BCUT2D eigenvalue weighted by Crippen LogP contribution is 2.33. The van der Waals surface area contributed by atoms with E-state index < -0.39 is 0 Å². The summed E-state index contributed by atoms with van der Waals surface area (Å²) in [6.45, 7) is 4.70. The first-order valence-electron chi connectivity index (χ1n) is 8.48. The van der Waals surface area contributed by atoms with Crippen LogP contribution in [0.1, 0.15) is 36.0 Å². The first kappa shape index (κ1) is 14.3. The average Bonchev–Trinajstić information content (AvgIpc) is 3.23. The highest BCUT2D eigenvalue weighted by atomic mass is 16.5. The lowest BCUT2D eigenvalue weighted by Crippen LogP contribution is -2.51. The molecule has 0 aromatic carbocycles. The number of rotatable bonds is 3. The second-order valence-corrected chi connectivity index (χ2v) is 6.80. The smallest absolute Gasteiger partial charge is 0.257 e. The standard InChI is InChI=1S/C17H24N2O3/c20-17(14-5-9-21-12-14)18-6-3-15-16(4-7-18)22-10-8-19(15)11-13-1-2-13/h5,9,12-13,15-16H,1-4,6-8,10-11H2.